The first-order valence-corrected chi connectivity index (χ1v) is 7.15. The Hall–Kier alpha value is -0.980. The average Bonchev–Trinajstić information content (AvgIpc) is 2.88. The van der Waals surface area contributed by atoms with E-state index >= 15 is 0 Å². The SMILES string of the molecule is COCC(O)Cc1nc(C2(OC)CCCC(C)C2)no1. The lowest BCUT2D eigenvalue weighted by molar-refractivity contribution is -0.0658. The smallest absolute Gasteiger partial charge is 0.229 e. The van der Waals surface area contributed by atoms with Crippen molar-refractivity contribution in [1.82, 2.24) is 10.1 Å². The molecule has 0 radical (unpaired) electrons. The molecule has 1 N–H and O–H groups in total. The van der Waals surface area contributed by atoms with E-state index < -0.39 is 11.7 Å². The molecule has 0 amide bonds. The van der Waals surface area contributed by atoms with Crippen LogP contribution in [0.2, 0.25) is 0 Å². The molecule has 1 saturated carbocycles. The number of hydrogen-bond donors (Lipinski definition) is 1. The molecule has 1 heterocycles. The van der Waals surface area contributed by atoms with E-state index in [4.69, 9.17) is 14.0 Å². The van der Waals surface area contributed by atoms with Crippen molar-refractivity contribution >= 4 is 0 Å². The van der Waals surface area contributed by atoms with E-state index in [1.165, 1.54) is 6.42 Å². The normalized spacial score (nSPS) is 28.5. The van der Waals surface area contributed by atoms with Gasteiger partial charge >= 0.3 is 0 Å². The molecule has 6 nitrogen and oxygen atoms in total. The van der Waals surface area contributed by atoms with Gasteiger partial charge in [0.05, 0.1) is 19.1 Å². The van der Waals surface area contributed by atoms with Crippen LogP contribution in [0.1, 0.15) is 44.3 Å². The molecule has 6 heteroatoms. The number of aromatic nitrogens is 2. The largest absolute Gasteiger partial charge is 0.390 e. The third-order valence-corrected chi connectivity index (χ3v) is 3.99. The molecule has 1 aliphatic rings. The summed E-state index contributed by atoms with van der Waals surface area (Å²) in [6.07, 6.45) is 3.80. The number of rotatable bonds is 6. The van der Waals surface area contributed by atoms with Crippen LogP contribution in [0.3, 0.4) is 0 Å². The monoisotopic (exact) mass is 284 g/mol. The van der Waals surface area contributed by atoms with Gasteiger partial charge in [-0.2, -0.15) is 4.98 Å². The standard InChI is InChI=1S/C14H24N2O4/c1-10-5-4-6-14(8-10,19-3)13-15-12(20-16-13)7-11(17)9-18-2/h10-11,17H,4-9H2,1-3H3. The van der Waals surface area contributed by atoms with Crippen LogP contribution >= 0.6 is 0 Å². The van der Waals surface area contributed by atoms with Crippen LogP contribution in [0.5, 0.6) is 0 Å². The van der Waals surface area contributed by atoms with E-state index in [0.29, 0.717) is 24.1 Å². The third-order valence-electron chi connectivity index (χ3n) is 3.99. The van der Waals surface area contributed by atoms with Gasteiger partial charge in [-0.1, -0.05) is 18.5 Å². The molecule has 114 valence electrons. The van der Waals surface area contributed by atoms with Crippen LogP contribution in [-0.4, -0.2) is 42.2 Å². The summed E-state index contributed by atoms with van der Waals surface area (Å²) in [7, 11) is 3.25. The topological polar surface area (TPSA) is 77.6 Å². The molecule has 1 fully saturated rings. The molecule has 0 bridgehead atoms. The Balaban J connectivity index is 2.09. The summed E-state index contributed by atoms with van der Waals surface area (Å²) in [5, 5.41) is 13.8. The van der Waals surface area contributed by atoms with Gasteiger partial charge in [-0.05, 0) is 25.2 Å². The Morgan fingerprint density at radius 1 is 1.50 bits per heavy atom. The summed E-state index contributed by atoms with van der Waals surface area (Å²) in [5.74, 6) is 1.62. The zero-order valence-corrected chi connectivity index (χ0v) is 12.5. The molecule has 3 unspecified atom stereocenters. The summed E-state index contributed by atoms with van der Waals surface area (Å²) in [5.41, 5.74) is -0.439. The Kier molecular flexibility index (Phi) is 5.12. The summed E-state index contributed by atoms with van der Waals surface area (Å²) >= 11 is 0. The van der Waals surface area contributed by atoms with Crippen molar-refractivity contribution < 1.29 is 19.1 Å². The minimum Gasteiger partial charge on any atom is -0.390 e. The molecular formula is C14H24N2O4. The van der Waals surface area contributed by atoms with E-state index in [1.54, 1.807) is 14.2 Å². The van der Waals surface area contributed by atoms with Crippen molar-refractivity contribution in [3.63, 3.8) is 0 Å². The molecular weight excluding hydrogens is 260 g/mol. The summed E-state index contributed by atoms with van der Waals surface area (Å²) in [4.78, 5) is 4.42. The van der Waals surface area contributed by atoms with Crippen LogP contribution in [0.15, 0.2) is 4.52 Å². The predicted molar refractivity (Wildman–Crippen MR) is 72.2 cm³/mol. The second-order valence-corrected chi connectivity index (χ2v) is 5.72. The second-order valence-electron chi connectivity index (χ2n) is 5.72. The van der Waals surface area contributed by atoms with Gasteiger partial charge in [0.25, 0.3) is 0 Å². The lowest BCUT2D eigenvalue weighted by Crippen LogP contribution is -2.35. The molecule has 1 aromatic heterocycles. The summed E-state index contributed by atoms with van der Waals surface area (Å²) < 4.78 is 15.9. The quantitative estimate of drug-likeness (QED) is 0.856. The third kappa shape index (κ3) is 3.37. The number of methoxy groups -OCH3 is 2. The van der Waals surface area contributed by atoms with Crippen LogP contribution in [0, 0.1) is 5.92 Å². The lowest BCUT2D eigenvalue weighted by atomic mass is 9.78. The summed E-state index contributed by atoms with van der Waals surface area (Å²) in [6, 6.07) is 0. The zero-order valence-electron chi connectivity index (χ0n) is 12.5. The van der Waals surface area contributed by atoms with Crippen molar-refractivity contribution in [2.45, 2.75) is 50.7 Å². The molecule has 1 aliphatic carbocycles. The molecule has 3 atom stereocenters. The highest BCUT2D eigenvalue weighted by atomic mass is 16.5. The van der Waals surface area contributed by atoms with Crippen molar-refractivity contribution in [3.05, 3.63) is 11.7 Å². The van der Waals surface area contributed by atoms with Gasteiger partial charge in [0.2, 0.25) is 11.7 Å². The Morgan fingerprint density at radius 2 is 2.30 bits per heavy atom. The first-order chi connectivity index (χ1) is 9.59. The van der Waals surface area contributed by atoms with Gasteiger partial charge in [0.1, 0.15) is 5.60 Å². The maximum Gasteiger partial charge on any atom is 0.229 e. The number of ether oxygens (including phenoxy) is 2. The van der Waals surface area contributed by atoms with Crippen LogP contribution in [0.4, 0.5) is 0 Å². The van der Waals surface area contributed by atoms with Gasteiger partial charge in [-0.15, -0.1) is 0 Å². The fraction of sp³-hybridized carbons (Fsp3) is 0.857. The lowest BCUT2D eigenvalue weighted by Gasteiger charge is -2.36. The van der Waals surface area contributed by atoms with Gasteiger partial charge < -0.3 is 19.1 Å². The Bertz CT molecular complexity index is 423. The van der Waals surface area contributed by atoms with Crippen LogP contribution in [0.25, 0.3) is 0 Å². The van der Waals surface area contributed by atoms with Gasteiger partial charge in [-0.25, -0.2) is 0 Å². The second kappa shape index (κ2) is 6.65. The number of hydrogen-bond acceptors (Lipinski definition) is 6. The number of nitrogens with zero attached hydrogens (tertiary/aromatic N) is 2. The van der Waals surface area contributed by atoms with Crippen LogP contribution < -0.4 is 0 Å². The van der Waals surface area contributed by atoms with Crippen LogP contribution in [-0.2, 0) is 21.5 Å². The zero-order chi connectivity index (χ0) is 14.6. The van der Waals surface area contributed by atoms with Crippen molar-refractivity contribution in [2.75, 3.05) is 20.8 Å². The first kappa shape index (κ1) is 15.4. The van der Waals surface area contributed by atoms with E-state index in [0.717, 1.165) is 19.3 Å². The minimum absolute atomic E-state index is 0.254. The van der Waals surface area contributed by atoms with E-state index in [2.05, 4.69) is 17.1 Å². The highest BCUT2D eigenvalue weighted by molar-refractivity contribution is 5.04. The maximum atomic E-state index is 9.70. The van der Waals surface area contributed by atoms with Crippen molar-refractivity contribution in [2.24, 2.45) is 5.92 Å². The summed E-state index contributed by atoms with van der Waals surface area (Å²) in [6.45, 7) is 2.47. The molecule has 20 heavy (non-hydrogen) atoms. The number of aliphatic hydroxyl groups is 1. The average molecular weight is 284 g/mol. The minimum atomic E-state index is -0.628. The molecule has 0 aliphatic heterocycles. The molecule has 0 saturated heterocycles. The highest BCUT2D eigenvalue weighted by Gasteiger charge is 2.41. The van der Waals surface area contributed by atoms with E-state index in [1.807, 2.05) is 0 Å². The van der Waals surface area contributed by atoms with E-state index in [9.17, 15) is 5.11 Å². The van der Waals surface area contributed by atoms with Gasteiger partial charge in [-0.3, -0.25) is 0 Å². The Morgan fingerprint density at radius 3 is 2.95 bits per heavy atom. The van der Waals surface area contributed by atoms with Crippen molar-refractivity contribution in [1.29, 1.82) is 0 Å². The molecule has 2 rings (SSSR count). The molecule has 1 aromatic rings. The number of aliphatic hydroxyl groups excluding tert-OH is 1. The van der Waals surface area contributed by atoms with Gasteiger partial charge in [0.15, 0.2) is 0 Å². The first-order valence-electron chi connectivity index (χ1n) is 7.15. The molecule has 0 spiro atoms. The predicted octanol–water partition coefficient (Wildman–Crippen LogP) is 1.67. The van der Waals surface area contributed by atoms with Crippen molar-refractivity contribution in [3.8, 4) is 0 Å². The van der Waals surface area contributed by atoms with Gasteiger partial charge in [0, 0.05) is 14.2 Å². The van der Waals surface area contributed by atoms with E-state index in [-0.39, 0.29) is 6.61 Å². The molecule has 0 aromatic carbocycles. The Labute approximate surface area is 119 Å². The highest BCUT2D eigenvalue weighted by Crippen LogP contribution is 2.41. The fourth-order valence-corrected chi connectivity index (χ4v) is 2.96. The maximum absolute atomic E-state index is 9.70. The fourth-order valence-electron chi connectivity index (χ4n) is 2.96.